The maximum atomic E-state index is 14.3. The quantitative estimate of drug-likeness (QED) is 0.122. The molecule has 4 rings (SSSR count). The molecule has 212 valence electrons. The maximum Gasteiger partial charge on any atom is 0.330 e. The Hall–Kier alpha value is -4.20. The molecule has 40 heavy (non-hydrogen) atoms. The summed E-state index contributed by atoms with van der Waals surface area (Å²) in [6, 6.07) is 3.41. The second-order valence-corrected chi connectivity index (χ2v) is 10.1. The Bertz CT molecular complexity index is 1580. The third kappa shape index (κ3) is 5.86. The van der Waals surface area contributed by atoms with Crippen LogP contribution in [0.5, 0.6) is 23.0 Å². The first-order valence-corrected chi connectivity index (χ1v) is 13.4. The van der Waals surface area contributed by atoms with E-state index in [9.17, 15) is 9.59 Å². The van der Waals surface area contributed by atoms with E-state index in [-0.39, 0.29) is 24.0 Å². The fourth-order valence-electron chi connectivity index (χ4n) is 4.61. The zero-order valence-electron chi connectivity index (χ0n) is 24.1. The summed E-state index contributed by atoms with van der Waals surface area (Å²) in [6.07, 6.45) is 9.10. The molecular formula is C32H36O8. The summed E-state index contributed by atoms with van der Waals surface area (Å²) in [6.45, 7) is 12.2. The van der Waals surface area contributed by atoms with Crippen LogP contribution >= 0.6 is 0 Å². The molecule has 0 radical (unpaired) electrons. The van der Waals surface area contributed by atoms with Crippen LogP contribution in [0.15, 0.2) is 51.2 Å². The Morgan fingerprint density at radius 3 is 2.45 bits per heavy atom. The van der Waals surface area contributed by atoms with Crippen LogP contribution < -0.4 is 24.4 Å². The monoisotopic (exact) mass is 548 g/mol. The molecule has 8 nitrogen and oxygen atoms in total. The SMILES string of the molecule is CCOC(=O)/C=C/COc1c2c(cc3oc4cc(OCC)c(OC)c(CC=C(C)C)c4c(=O)c13)OC(C)(C)C=C2. The second kappa shape index (κ2) is 11.9. The van der Waals surface area contributed by atoms with Gasteiger partial charge in [-0.15, -0.1) is 0 Å². The topological polar surface area (TPSA) is 93.4 Å². The molecule has 0 aliphatic carbocycles. The Morgan fingerprint density at radius 1 is 1.02 bits per heavy atom. The predicted molar refractivity (Wildman–Crippen MR) is 156 cm³/mol. The minimum atomic E-state index is -0.564. The van der Waals surface area contributed by atoms with Gasteiger partial charge in [-0.1, -0.05) is 11.6 Å². The van der Waals surface area contributed by atoms with Gasteiger partial charge in [0.2, 0.25) is 5.43 Å². The van der Waals surface area contributed by atoms with Crippen molar-refractivity contribution in [2.75, 3.05) is 26.9 Å². The number of fused-ring (bicyclic) bond motifs is 3. The number of esters is 1. The molecule has 0 saturated carbocycles. The highest BCUT2D eigenvalue weighted by Crippen LogP contribution is 2.44. The van der Waals surface area contributed by atoms with Crippen LogP contribution in [-0.2, 0) is 16.0 Å². The van der Waals surface area contributed by atoms with Gasteiger partial charge in [0.05, 0.1) is 31.3 Å². The summed E-state index contributed by atoms with van der Waals surface area (Å²) in [5.41, 5.74) is 2.24. The van der Waals surface area contributed by atoms with E-state index in [0.29, 0.717) is 63.7 Å². The maximum absolute atomic E-state index is 14.3. The van der Waals surface area contributed by atoms with E-state index in [0.717, 1.165) is 5.57 Å². The lowest BCUT2D eigenvalue weighted by molar-refractivity contribution is -0.137. The van der Waals surface area contributed by atoms with Crippen LogP contribution in [0.4, 0.5) is 0 Å². The number of carbonyl (C=O) groups excluding carboxylic acids is 1. The first-order valence-electron chi connectivity index (χ1n) is 13.4. The molecule has 0 fully saturated rings. The molecular weight excluding hydrogens is 512 g/mol. The number of hydrogen-bond donors (Lipinski definition) is 0. The number of benzene rings is 2. The van der Waals surface area contributed by atoms with Gasteiger partial charge in [0.15, 0.2) is 11.5 Å². The van der Waals surface area contributed by atoms with E-state index in [2.05, 4.69) is 0 Å². The Balaban J connectivity index is 2.02. The molecule has 3 aromatic rings. The Morgan fingerprint density at radius 2 is 1.77 bits per heavy atom. The van der Waals surface area contributed by atoms with Gasteiger partial charge in [-0.3, -0.25) is 4.79 Å². The molecule has 2 aromatic carbocycles. The molecule has 1 aliphatic heterocycles. The zero-order chi connectivity index (χ0) is 29.0. The van der Waals surface area contributed by atoms with E-state index in [4.69, 9.17) is 28.1 Å². The highest BCUT2D eigenvalue weighted by molar-refractivity contribution is 5.99. The van der Waals surface area contributed by atoms with E-state index in [1.807, 2.05) is 52.8 Å². The third-order valence-electron chi connectivity index (χ3n) is 6.34. The molecule has 1 aliphatic rings. The number of hydrogen-bond acceptors (Lipinski definition) is 8. The molecule has 2 heterocycles. The third-order valence-corrected chi connectivity index (χ3v) is 6.34. The van der Waals surface area contributed by atoms with Gasteiger partial charge >= 0.3 is 5.97 Å². The van der Waals surface area contributed by atoms with Gasteiger partial charge in [-0.2, -0.15) is 0 Å². The molecule has 0 unspecified atom stereocenters. The van der Waals surface area contributed by atoms with Crippen LogP contribution in [-0.4, -0.2) is 38.5 Å². The van der Waals surface area contributed by atoms with Gasteiger partial charge in [-0.25, -0.2) is 4.79 Å². The number of carbonyl (C=O) groups is 1. The predicted octanol–water partition coefficient (Wildman–Crippen LogP) is 6.54. The second-order valence-electron chi connectivity index (χ2n) is 10.1. The molecule has 0 spiro atoms. The van der Waals surface area contributed by atoms with Gasteiger partial charge in [0.25, 0.3) is 0 Å². The van der Waals surface area contributed by atoms with Crippen molar-refractivity contribution in [3.63, 3.8) is 0 Å². The average molecular weight is 549 g/mol. The van der Waals surface area contributed by atoms with E-state index in [1.165, 1.54) is 6.08 Å². The van der Waals surface area contributed by atoms with Crippen LogP contribution in [0.1, 0.15) is 52.7 Å². The molecule has 0 amide bonds. The summed E-state index contributed by atoms with van der Waals surface area (Å²) in [5, 5.41) is 0.659. The number of methoxy groups -OCH3 is 1. The molecule has 1 aromatic heterocycles. The highest BCUT2D eigenvalue weighted by atomic mass is 16.5. The minimum Gasteiger partial charge on any atom is -0.493 e. The van der Waals surface area contributed by atoms with E-state index < -0.39 is 11.6 Å². The van der Waals surface area contributed by atoms with Crippen molar-refractivity contribution in [1.82, 2.24) is 0 Å². The van der Waals surface area contributed by atoms with Crippen molar-refractivity contribution in [3.05, 3.63) is 63.4 Å². The van der Waals surface area contributed by atoms with Crippen molar-refractivity contribution in [2.45, 2.75) is 53.6 Å². The van der Waals surface area contributed by atoms with Gasteiger partial charge in [-0.05, 0) is 66.2 Å². The summed E-state index contributed by atoms with van der Waals surface area (Å²) in [5.74, 6) is 1.35. The van der Waals surface area contributed by atoms with Crippen LogP contribution in [0.3, 0.4) is 0 Å². The van der Waals surface area contributed by atoms with Crippen molar-refractivity contribution in [1.29, 1.82) is 0 Å². The lowest BCUT2D eigenvalue weighted by atomic mass is 9.97. The fraction of sp³-hybridized carbons (Fsp3) is 0.375. The summed E-state index contributed by atoms with van der Waals surface area (Å²) >= 11 is 0. The van der Waals surface area contributed by atoms with Crippen LogP contribution in [0, 0.1) is 0 Å². The summed E-state index contributed by atoms with van der Waals surface area (Å²) < 4.78 is 35.3. The normalized spacial score (nSPS) is 13.7. The molecule has 0 bridgehead atoms. The van der Waals surface area contributed by atoms with Crippen molar-refractivity contribution >= 4 is 34.0 Å². The van der Waals surface area contributed by atoms with Gasteiger partial charge in [0.1, 0.15) is 40.3 Å². The standard InChI is InChI=1S/C32H36O8/c1-8-36-25-18-23-27(21(30(25)35-7)13-12-19(3)4)29(34)28-24(39-23)17-22-20(14-15-32(5,6)40-22)31(28)38-16-10-11-26(33)37-9-2/h10-12,14-15,17-18H,8-9,13,16H2,1-7H3/b11-10+. The largest absolute Gasteiger partial charge is 0.493 e. The van der Waals surface area contributed by atoms with Gasteiger partial charge in [0, 0.05) is 23.8 Å². The molecule has 8 heteroatoms. The van der Waals surface area contributed by atoms with Crippen LogP contribution in [0.25, 0.3) is 28.0 Å². The first-order chi connectivity index (χ1) is 19.1. The average Bonchev–Trinajstić information content (AvgIpc) is 2.88. The van der Waals surface area contributed by atoms with E-state index in [1.54, 1.807) is 32.2 Å². The minimum absolute atomic E-state index is 0.0241. The lowest BCUT2D eigenvalue weighted by Crippen LogP contribution is -2.27. The van der Waals surface area contributed by atoms with Crippen molar-refractivity contribution in [3.8, 4) is 23.0 Å². The lowest BCUT2D eigenvalue weighted by Gasteiger charge is -2.29. The molecule has 0 atom stereocenters. The molecule has 0 N–H and O–H groups in total. The number of allylic oxidation sites excluding steroid dienone is 2. The zero-order valence-corrected chi connectivity index (χ0v) is 24.1. The smallest absolute Gasteiger partial charge is 0.330 e. The van der Waals surface area contributed by atoms with Crippen LogP contribution in [0.2, 0.25) is 0 Å². The van der Waals surface area contributed by atoms with Gasteiger partial charge < -0.3 is 28.1 Å². The summed E-state index contributed by atoms with van der Waals surface area (Å²) in [7, 11) is 1.56. The number of ether oxygens (including phenoxy) is 5. The van der Waals surface area contributed by atoms with Crippen molar-refractivity contribution in [2.24, 2.45) is 0 Å². The highest BCUT2D eigenvalue weighted by Gasteiger charge is 2.29. The first kappa shape index (κ1) is 28.8. The number of rotatable bonds is 10. The Labute approximate surface area is 233 Å². The fourth-order valence-corrected chi connectivity index (χ4v) is 4.61. The van der Waals surface area contributed by atoms with E-state index >= 15 is 0 Å². The summed E-state index contributed by atoms with van der Waals surface area (Å²) in [4.78, 5) is 26.1. The van der Waals surface area contributed by atoms with Crippen molar-refractivity contribution < 1.29 is 32.9 Å². The molecule has 0 saturated heterocycles. The Kier molecular flexibility index (Phi) is 8.57.